The maximum absolute atomic E-state index is 13.0. The Morgan fingerprint density at radius 3 is 2.55 bits per heavy atom. The molecule has 0 unspecified atom stereocenters. The summed E-state index contributed by atoms with van der Waals surface area (Å²) in [7, 11) is 0. The Morgan fingerprint density at radius 1 is 1.00 bits per heavy atom. The van der Waals surface area contributed by atoms with Crippen molar-refractivity contribution < 1.29 is 43.1 Å². The fourth-order valence-corrected chi connectivity index (χ4v) is 7.36. The number of fused-ring (bicyclic) bond motifs is 2. The van der Waals surface area contributed by atoms with Crippen LogP contribution in [0, 0.1) is 10.8 Å². The molecule has 0 amide bonds. The first-order valence-electron chi connectivity index (χ1n) is 13.4. The minimum absolute atomic E-state index is 0.0350. The molecule has 0 aromatic carbocycles. The monoisotopic (exact) mass is 528 g/mol. The van der Waals surface area contributed by atoms with Crippen LogP contribution in [0.1, 0.15) is 47.0 Å². The third kappa shape index (κ3) is 3.78. The van der Waals surface area contributed by atoms with Gasteiger partial charge in [0.1, 0.15) is 36.6 Å². The second-order valence-corrected chi connectivity index (χ2v) is 11.8. The number of cyclic esters (lactones) is 1. The molecule has 0 aromatic rings. The molecule has 4 fully saturated rings. The maximum atomic E-state index is 13.0. The number of aliphatic hydroxyl groups excluding tert-OH is 1. The Balaban J connectivity index is 1.40. The molecule has 9 heteroatoms. The van der Waals surface area contributed by atoms with Crippen LogP contribution in [-0.2, 0) is 38.0 Å². The average Bonchev–Trinajstić information content (AvgIpc) is 3.57. The standard InChI is InChI=1S/C29H36O9/c1-16-9-10-28-14-33-22(31)12-17(2)13-23-35-18(3)19(36-23)7-5-6-8-21(30)38-25-24(32)26(37-20(28)11-16)29(15-34-29)27(25,28)4/h5-8,11-12,18-20,23-26,32H,9-10,13-15H2,1-4H3/b7-5-,8-6-,17-12-/t18-,19-,20+,23+,24+,25+,26+,27+,28+,29-/m0/s1. The van der Waals surface area contributed by atoms with E-state index < -0.39 is 59.1 Å². The van der Waals surface area contributed by atoms with Crippen LogP contribution >= 0.6 is 0 Å². The summed E-state index contributed by atoms with van der Waals surface area (Å²) in [4.78, 5) is 26.0. The van der Waals surface area contributed by atoms with Crippen LogP contribution < -0.4 is 0 Å². The molecule has 3 saturated heterocycles. The van der Waals surface area contributed by atoms with Crippen LogP contribution in [0.4, 0.5) is 0 Å². The van der Waals surface area contributed by atoms with E-state index in [1.54, 1.807) is 12.2 Å². The molecule has 4 bridgehead atoms. The summed E-state index contributed by atoms with van der Waals surface area (Å²) in [6, 6.07) is 0. The molecule has 38 heavy (non-hydrogen) atoms. The van der Waals surface area contributed by atoms with Gasteiger partial charge in [0.2, 0.25) is 0 Å². The van der Waals surface area contributed by atoms with Gasteiger partial charge >= 0.3 is 11.9 Å². The zero-order valence-electron chi connectivity index (χ0n) is 22.3. The van der Waals surface area contributed by atoms with E-state index in [0.29, 0.717) is 19.4 Å². The highest BCUT2D eigenvalue weighted by Crippen LogP contribution is 2.72. The van der Waals surface area contributed by atoms with E-state index in [-0.39, 0.29) is 18.8 Å². The molecule has 1 saturated carbocycles. The summed E-state index contributed by atoms with van der Waals surface area (Å²) >= 11 is 0. The molecule has 10 atom stereocenters. The minimum Gasteiger partial charge on any atom is -0.462 e. The van der Waals surface area contributed by atoms with Crippen LogP contribution in [0.25, 0.3) is 0 Å². The van der Waals surface area contributed by atoms with Crippen molar-refractivity contribution in [1.82, 2.24) is 0 Å². The smallest absolute Gasteiger partial charge is 0.331 e. The lowest BCUT2D eigenvalue weighted by molar-refractivity contribution is -0.232. The average molecular weight is 529 g/mol. The minimum atomic E-state index is -1.09. The Labute approximate surface area is 222 Å². The van der Waals surface area contributed by atoms with Gasteiger partial charge in [-0.3, -0.25) is 0 Å². The topological polar surface area (TPSA) is 113 Å². The van der Waals surface area contributed by atoms with E-state index in [1.807, 2.05) is 33.8 Å². The zero-order valence-corrected chi connectivity index (χ0v) is 22.3. The van der Waals surface area contributed by atoms with Gasteiger partial charge in [0, 0.05) is 24.0 Å². The third-order valence-electron chi connectivity index (χ3n) is 9.61. The van der Waals surface area contributed by atoms with Crippen LogP contribution in [0.3, 0.4) is 0 Å². The van der Waals surface area contributed by atoms with Crippen LogP contribution in [0.15, 0.2) is 47.6 Å². The number of hydrogen-bond acceptors (Lipinski definition) is 9. The lowest BCUT2D eigenvalue weighted by Gasteiger charge is -2.58. The molecule has 2 spiro atoms. The predicted octanol–water partition coefficient (Wildman–Crippen LogP) is 2.68. The summed E-state index contributed by atoms with van der Waals surface area (Å²) in [5, 5.41) is 11.4. The highest BCUT2D eigenvalue weighted by atomic mass is 16.7. The summed E-state index contributed by atoms with van der Waals surface area (Å²) in [5.41, 5.74) is -0.499. The number of hydrogen-bond donors (Lipinski definition) is 1. The molecular weight excluding hydrogens is 492 g/mol. The molecule has 0 aromatic heterocycles. The number of ether oxygens (including phenoxy) is 6. The Kier molecular flexibility index (Phi) is 6.23. The van der Waals surface area contributed by atoms with Gasteiger partial charge in [0.15, 0.2) is 6.29 Å². The van der Waals surface area contributed by atoms with Gasteiger partial charge < -0.3 is 33.5 Å². The van der Waals surface area contributed by atoms with Crippen molar-refractivity contribution in [2.75, 3.05) is 13.2 Å². The molecular formula is C29H36O9. The van der Waals surface area contributed by atoms with Crippen molar-refractivity contribution in [2.45, 2.75) is 95.5 Å². The van der Waals surface area contributed by atoms with Crippen LogP contribution in [0.5, 0.6) is 0 Å². The van der Waals surface area contributed by atoms with Crippen molar-refractivity contribution in [1.29, 1.82) is 0 Å². The van der Waals surface area contributed by atoms with Crippen molar-refractivity contribution in [3.8, 4) is 0 Å². The van der Waals surface area contributed by atoms with Crippen molar-refractivity contribution in [2.24, 2.45) is 10.8 Å². The Hall–Kier alpha value is -2.30. The number of carbonyl (C=O) groups is 2. The molecule has 6 rings (SSSR count). The fourth-order valence-electron chi connectivity index (χ4n) is 7.36. The Bertz CT molecular complexity index is 1130. The number of epoxide rings is 1. The highest BCUT2D eigenvalue weighted by molar-refractivity contribution is 5.83. The summed E-state index contributed by atoms with van der Waals surface area (Å²) < 4.78 is 36.3. The summed E-state index contributed by atoms with van der Waals surface area (Å²) in [6.45, 7) is 8.21. The van der Waals surface area contributed by atoms with Crippen molar-refractivity contribution in [3.63, 3.8) is 0 Å². The van der Waals surface area contributed by atoms with Crippen LogP contribution in [0.2, 0.25) is 0 Å². The number of aliphatic hydroxyl groups is 1. The van der Waals surface area contributed by atoms with Gasteiger partial charge in [-0.15, -0.1) is 0 Å². The van der Waals surface area contributed by atoms with E-state index in [1.165, 1.54) is 17.7 Å². The van der Waals surface area contributed by atoms with E-state index >= 15 is 0 Å². The number of carbonyl (C=O) groups excluding carboxylic acids is 2. The number of esters is 2. The first-order chi connectivity index (χ1) is 18.1. The predicted molar refractivity (Wildman–Crippen MR) is 134 cm³/mol. The second kappa shape index (κ2) is 9.13. The largest absolute Gasteiger partial charge is 0.462 e. The molecule has 4 heterocycles. The molecule has 1 N–H and O–H groups in total. The van der Waals surface area contributed by atoms with Gasteiger partial charge in [-0.2, -0.15) is 0 Å². The van der Waals surface area contributed by atoms with E-state index in [0.717, 1.165) is 12.0 Å². The van der Waals surface area contributed by atoms with Crippen LogP contribution in [-0.4, -0.2) is 78.8 Å². The van der Waals surface area contributed by atoms with Gasteiger partial charge in [-0.1, -0.05) is 42.4 Å². The van der Waals surface area contributed by atoms with Gasteiger partial charge in [-0.05, 0) is 33.6 Å². The third-order valence-corrected chi connectivity index (χ3v) is 9.61. The molecule has 206 valence electrons. The molecule has 0 radical (unpaired) electrons. The highest BCUT2D eigenvalue weighted by Gasteiger charge is 2.85. The van der Waals surface area contributed by atoms with Crippen molar-refractivity contribution in [3.05, 3.63) is 47.6 Å². The second-order valence-electron chi connectivity index (χ2n) is 11.8. The number of rotatable bonds is 0. The van der Waals surface area contributed by atoms with Crippen molar-refractivity contribution >= 4 is 11.9 Å². The van der Waals surface area contributed by atoms with Gasteiger partial charge in [-0.25, -0.2) is 9.59 Å². The quantitative estimate of drug-likeness (QED) is 0.288. The normalized spacial score (nSPS) is 51.4. The number of allylic oxidation sites excluding steroid dienone is 3. The molecule has 6 aliphatic rings. The SMILES string of the molecule is CC1=C[C@H]2O[C@@H]3[C@H](O)[C@H]4OC(=O)/C=C\C=C/[C@@H]5O[C@H](C/C(C)=C\C(=O)OC[C@@]2(CC1)[C@]4(C)[C@]31CO1)O[C@H]5C. The summed E-state index contributed by atoms with van der Waals surface area (Å²) in [6.07, 6.45) is 7.78. The Morgan fingerprint density at radius 2 is 1.79 bits per heavy atom. The fraction of sp³-hybridized carbons (Fsp3) is 0.655. The van der Waals surface area contributed by atoms with E-state index in [9.17, 15) is 14.7 Å². The summed E-state index contributed by atoms with van der Waals surface area (Å²) in [5.74, 6) is -1.05. The van der Waals surface area contributed by atoms with E-state index in [2.05, 4.69) is 6.08 Å². The van der Waals surface area contributed by atoms with E-state index in [4.69, 9.17) is 28.4 Å². The van der Waals surface area contributed by atoms with Gasteiger partial charge in [0.05, 0.1) is 24.2 Å². The lowest BCUT2D eigenvalue weighted by atomic mass is 9.51. The first-order valence-corrected chi connectivity index (χ1v) is 13.4. The first kappa shape index (κ1) is 26.0. The lowest BCUT2D eigenvalue weighted by Crippen LogP contribution is -2.66. The van der Waals surface area contributed by atoms with Gasteiger partial charge in [0.25, 0.3) is 0 Å². The maximum Gasteiger partial charge on any atom is 0.331 e. The molecule has 9 nitrogen and oxygen atoms in total. The zero-order chi connectivity index (χ0) is 26.9. The molecule has 4 aliphatic heterocycles. The molecule has 2 aliphatic carbocycles.